The van der Waals surface area contributed by atoms with Crippen LogP contribution in [0.2, 0.25) is 0 Å². The zero-order chi connectivity index (χ0) is 25.0. The molecule has 3 aromatic carbocycles. The van der Waals surface area contributed by atoms with Crippen molar-refractivity contribution in [1.29, 1.82) is 0 Å². The number of amides is 1. The molecule has 7 heteroatoms. The molecule has 0 unspecified atom stereocenters. The van der Waals surface area contributed by atoms with Crippen molar-refractivity contribution in [3.05, 3.63) is 88.5 Å². The lowest BCUT2D eigenvalue weighted by Crippen LogP contribution is -2.29. The van der Waals surface area contributed by atoms with Gasteiger partial charge in [0, 0.05) is 30.9 Å². The van der Waals surface area contributed by atoms with Crippen LogP contribution in [0.15, 0.2) is 65.6 Å². The number of hydrogen-bond acceptors (Lipinski definition) is 4. The number of carbonyl (C=O) groups is 1. The van der Waals surface area contributed by atoms with Gasteiger partial charge in [-0.1, -0.05) is 30.3 Å². The Morgan fingerprint density at radius 3 is 2.26 bits per heavy atom. The maximum atomic E-state index is 13.2. The van der Waals surface area contributed by atoms with Gasteiger partial charge in [0.2, 0.25) is 0 Å². The molecule has 6 nitrogen and oxygen atoms in total. The summed E-state index contributed by atoms with van der Waals surface area (Å²) in [6, 6.07) is 18.6. The van der Waals surface area contributed by atoms with Gasteiger partial charge in [-0.05, 0) is 92.6 Å². The van der Waals surface area contributed by atoms with Gasteiger partial charge in [-0.15, -0.1) is 0 Å². The van der Waals surface area contributed by atoms with Gasteiger partial charge in [-0.25, -0.2) is 8.42 Å². The first-order chi connectivity index (χ1) is 16.7. The number of anilines is 2. The minimum Gasteiger partial charge on any atom is -0.372 e. The van der Waals surface area contributed by atoms with Crippen molar-refractivity contribution in [2.24, 2.45) is 0 Å². The third kappa shape index (κ3) is 6.03. The third-order valence-electron chi connectivity index (χ3n) is 6.49. The lowest BCUT2D eigenvalue weighted by atomic mass is 10.1. The standard InChI is InChI=1S/C28H33N3O3S/c1-20-7-8-21(2)26(17-20)30-35(33,34)27-18-24(12-9-22(27)3)28(32)29-19-23-10-13-25(14-11-23)31-15-5-4-6-16-31/h7-14,17-18,30H,4-6,15-16,19H2,1-3H3,(H,29,32). The van der Waals surface area contributed by atoms with Crippen LogP contribution in [0, 0.1) is 20.8 Å². The normalized spacial score (nSPS) is 14.0. The van der Waals surface area contributed by atoms with Crippen LogP contribution < -0.4 is 14.9 Å². The Labute approximate surface area is 208 Å². The number of nitrogens with zero attached hydrogens (tertiary/aromatic N) is 1. The highest BCUT2D eigenvalue weighted by Crippen LogP contribution is 2.24. The number of sulfonamides is 1. The second-order valence-corrected chi connectivity index (χ2v) is 11.0. The number of benzene rings is 3. The van der Waals surface area contributed by atoms with Gasteiger partial charge >= 0.3 is 0 Å². The SMILES string of the molecule is Cc1ccc(C)c(NS(=O)(=O)c2cc(C(=O)NCc3ccc(N4CCCCC4)cc3)ccc2C)c1. The van der Waals surface area contributed by atoms with Crippen molar-refractivity contribution >= 4 is 27.3 Å². The molecule has 3 aromatic rings. The zero-order valence-electron chi connectivity index (χ0n) is 20.6. The second-order valence-electron chi connectivity index (χ2n) is 9.30. The molecule has 1 aliphatic rings. The van der Waals surface area contributed by atoms with Crippen molar-refractivity contribution in [2.45, 2.75) is 51.5 Å². The van der Waals surface area contributed by atoms with Gasteiger partial charge in [0.25, 0.3) is 15.9 Å². The van der Waals surface area contributed by atoms with Crippen LogP contribution in [0.1, 0.15) is 51.9 Å². The number of rotatable bonds is 7. The molecule has 0 aromatic heterocycles. The third-order valence-corrected chi connectivity index (χ3v) is 8.00. The maximum absolute atomic E-state index is 13.2. The van der Waals surface area contributed by atoms with E-state index in [1.807, 2.05) is 38.1 Å². The predicted octanol–water partition coefficient (Wildman–Crippen LogP) is 5.33. The van der Waals surface area contributed by atoms with E-state index >= 15 is 0 Å². The molecule has 1 aliphatic heterocycles. The van der Waals surface area contributed by atoms with Crippen molar-refractivity contribution in [3.8, 4) is 0 Å². The first-order valence-electron chi connectivity index (χ1n) is 12.1. The molecule has 2 N–H and O–H groups in total. The summed E-state index contributed by atoms with van der Waals surface area (Å²) < 4.78 is 29.0. The van der Waals surface area contributed by atoms with Crippen LogP contribution >= 0.6 is 0 Å². The van der Waals surface area contributed by atoms with Crippen LogP contribution in [0.25, 0.3) is 0 Å². The van der Waals surface area contributed by atoms with Crippen molar-refractivity contribution in [3.63, 3.8) is 0 Å². The molecule has 0 spiro atoms. The van der Waals surface area contributed by atoms with Crippen molar-refractivity contribution in [2.75, 3.05) is 22.7 Å². The zero-order valence-corrected chi connectivity index (χ0v) is 21.4. The van der Waals surface area contributed by atoms with Gasteiger partial charge in [-0.3, -0.25) is 9.52 Å². The topological polar surface area (TPSA) is 78.5 Å². The van der Waals surface area contributed by atoms with Gasteiger partial charge in [0.15, 0.2) is 0 Å². The molecule has 1 fully saturated rings. The van der Waals surface area contributed by atoms with E-state index in [0.29, 0.717) is 23.4 Å². The summed E-state index contributed by atoms with van der Waals surface area (Å²) in [6.07, 6.45) is 3.75. The Morgan fingerprint density at radius 2 is 1.54 bits per heavy atom. The molecule has 0 saturated carbocycles. The molecular weight excluding hydrogens is 458 g/mol. The van der Waals surface area contributed by atoms with E-state index in [9.17, 15) is 13.2 Å². The minimum absolute atomic E-state index is 0.0944. The molecule has 1 heterocycles. The van der Waals surface area contributed by atoms with Gasteiger partial charge < -0.3 is 10.2 Å². The number of carbonyl (C=O) groups excluding carboxylic acids is 1. The summed E-state index contributed by atoms with van der Waals surface area (Å²) in [5, 5.41) is 2.91. The molecule has 4 rings (SSSR count). The Bertz CT molecular complexity index is 1310. The molecule has 1 saturated heterocycles. The quantitative estimate of drug-likeness (QED) is 0.468. The first-order valence-corrected chi connectivity index (χ1v) is 13.5. The summed E-state index contributed by atoms with van der Waals surface area (Å²) in [7, 11) is -3.86. The lowest BCUT2D eigenvalue weighted by Gasteiger charge is -2.28. The van der Waals surface area contributed by atoms with Crippen molar-refractivity contribution in [1.82, 2.24) is 5.32 Å². The summed E-state index contributed by atoms with van der Waals surface area (Å²) in [6.45, 7) is 8.04. The Hall–Kier alpha value is -3.32. The molecule has 0 atom stereocenters. The van der Waals surface area contributed by atoms with Gasteiger partial charge in [-0.2, -0.15) is 0 Å². The Morgan fingerprint density at radius 1 is 0.857 bits per heavy atom. The summed E-state index contributed by atoms with van der Waals surface area (Å²) in [4.78, 5) is 15.3. The number of aryl methyl sites for hydroxylation is 3. The summed E-state index contributed by atoms with van der Waals surface area (Å²) in [5.74, 6) is -0.312. The second kappa shape index (κ2) is 10.5. The number of piperidine rings is 1. The van der Waals surface area contributed by atoms with E-state index in [1.54, 1.807) is 25.1 Å². The maximum Gasteiger partial charge on any atom is 0.262 e. The van der Waals surface area contributed by atoms with E-state index in [-0.39, 0.29) is 10.8 Å². The highest BCUT2D eigenvalue weighted by molar-refractivity contribution is 7.92. The van der Waals surface area contributed by atoms with Crippen LogP contribution in [0.3, 0.4) is 0 Å². The van der Waals surface area contributed by atoms with Crippen LogP contribution in [-0.4, -0.2) is 27.4 Å². The van der Waals surface area contributed by atoms with E-state index in [1.165, 1.54) is 31.0 Å². The van der Waals surface area contributed by atoms with Crippen molar-refractivity contribution < 1.29 is 13.2 Å². The van der Waals surface area contributed by atoms with Gasteiger partial charge in [0.05, 0.1) is 10.6 Å². The molecule has 1 amide bonds. The average Bonchev–Trinajstić information content (AvgIpc) is 2.85. The highest BCUT2D eigenvalue weighted by atomic mass is 32.2. The first kappa shape index (κ1) is 24.8. The fourth-order valence-electron chi connectivity index (χ4n) is 4.34. The smallest absolute Gasteiger partial charge is 0.262 e. The van der Waals surface area contributed by atoms with Crippen LogP contribution in [-0.2, 0) is 16.6 Å². The summed E-state index contributed by atoms with van der Waals surface area (Å²) >= 11 is 0. The molecule has 35 heavy (non-hydrogen) atoms. The van der Waals surface area contributed by atoms with E-state index < -0.39 is 10.0 Å². The fraction of sp³-hybridized carbons (Fsp3) is 0.321. The molecule has 0 radical (unpaired) electrons. The molecule has 184 valence electrons. The summed E-state index contributed by atoms with van der Waals surface area (Å²) in [5.41, 5.74) is 5.42. The predicted molar refractivity (Wildman–Crippen MR) is 142 cm³/mol. The number of nitrogens with one attached hydrogen (secondary N) is 2. The molecule has 0 aliphatic carbocycles. The van der Waals surface area contributed by atoms with Crippen LogP contribution in [0.4, 0.5) is 11.4 Å². The van der Waals surface area contributed by atoms with E-state index in [0.717, 1.165) is 29.8 Å². The van der Waals surface area contributed by atoms with E-state index in [4.69, 9.17) is 0 Å². The fourth-order valence-corrected chi connectivity index (χ4v) is 5.73. The number of hydrogen-bond donors (Lipinski definition) is 2. The molecular formula is C28H33N3O3S. The van der Waals surface area contributed by atoms with Gasteiger partial charge in [0.1, 0.15) is 0 Å². The van der Waals surface area contributed by atoms with Crippen LogP contribution in [0.5, 0.6) is 0 Å². The lowest BCUT2D eigenvalue weighted by molar-refractivity contribution is 0.0950. The Kier molecular flexibility index (Phi) is 7.45. The minimum atomic E-state index is -3.86. The Balaban J connectivity index is 1.45. The average molecular weight is 492 g/mol. The monoisotopic (exact) mass is 491 g/mol. The largest absolute Gasteiger partial charge is 0.372 e. The van der Waals surface area contributed by atoms with E-state index in [2.05, 4.69) is 27.1 Å². The highest BCUT2D eigenvalue weighted by Gasteiger charge is 2.20. The molecule has 0 bridgehead atoms.